The molecule has 0 aliphatic carbocycles. The number of carbonyl (C=O) groups is 2. The summed E-state index contributed by atoms with van der Waals surface area (Å²) in [7, 11) is 0. The number of esters is 2. The van der Waals surface area contributed by atoms with Gasteiger partial charge in [0.15, 0.2) is 37.4 Å². The summed E-state index contributed by atoms with van der Waals surface area (Å²) < 4.78 is 54.0. The van der Waals surface area contributed by atoms with Crippen LogP contribution < -0.4 is 0 Å². The predicted octanol–water partition coefficient (Wildman–Crippen LogP) is 2.58. The van der Waals surface area contributed by atoms with Gasteiger partial charge in [-0.05, 0) is 5.53 Å². The first-order valence-corrected chi connectivity index (χ1v) is 14.5. The minimum Gasteiger partial charge on any atom is -0.455 e. The van der Waals surface area contributed by atoms with E-state index in [1.807, 2.05) is 60.7 Å². The van der Waals surface area contributed by atoms with Crippen molar-refractivity contribution in [3.63, 3.8) is 0 Å². The van der Waals surface area contributed by atoms with Crippen LogP contribution in [0.5, 0.6) is 0 Å². The van der Waals surface area contributed by atoms with Crippen LogP contribution in [0.25, 0.3) is 10.4 Å². The fourth-order valence-corrected chi connectivity index (χ4v) is 5.93. The molecular formula is C30H33N3O12. The molecule has 0 spiro atoms. The molecule has 0 bridgehead atoms. The molecule has 4 fully saturated rings. The largest absolute Gasteiger partial charge is 0.455 e. The lowest BCUT2D eigenvalue weighted by atomic mass is 9.94. The van der Waals surface area contributed by atoms with Crippen molar-refractivity contribution < 1.29 is 57.3 Å². The summed E-state index contributed by atoms with van der Waals surface area (Å²) in [6, 6.07) is 17.0. The third-order valence-electron chi connectivity index (χ3n) is 7.83. The third kappa shape index (κ3) is 6.82. The number of hydrogen-bond donors (Lipinski definition) is 1. The van der Waals surface area contributed by atoms with Gasteiger partial charge in [-0.25, -0.2) is 0 Å². The standard InChI is InChI=1S/C30H33N3O12/c1-15(34)39-25-23-20(14-38-29(44-23)18-11-7-4-8-12-18)42-30(26(25)40-16(2)35)45-24-21(32-33-31)27(36)41-19-13-37-28(43-22(19)24)17-9-5-3-6-10-17/h3-12,19-30,36H,13-14H2,1-2H3/t19-,20-,21-,22+,23+,24-,25+,26-,27+,28+,29+,30+/m1/s1. The first kappa shape index (κ1) is 31.4. The van der Waals surface area contributed by atoms with Crippen molar-refractivity contribution in [1.82, 2.24) is 0 Å². The summed E-state index contributed by atoms with van der Waals surface area (Å²) in [5, 5.41) is 14.6. The van der Waals surface area contributed by atoms with E-state index in [0.717, 1.165) is 11.1 Å². The molecule has 4 aliphatic rings. The van der Waals surface area contributed by atoms with Gasteiger partial charge in [0.2, 0.25) is 0 Å². The summed E-state index contributed by atoms with van der Waals surface area (Å²) in [5.74, 6) is -1.36. The lowest BCUT2D eigenvalue weighted by molar-refractivity contribution is -0.391. The molecule has 12 atom stereocenters. The first-order chi connectivity index (χ1) is 21.8. The van der Waals surface area contributed by atoms with Crippen LogP contribution >= 0.6 is 0 Å². The number of ether oxygens (including phenoxy) is 9. The average Bonchev–Trinajstić information content (AvgIpc) is 3.04. The first-order valence-electron chi connectivity index (χ1n) is 14.5. The van der Waals surface area contributed by atoms with Crippen molar-refractivity contribution in [3.8, 4) is 0 Å². The van der Waals surface area contributed by atoms with Crippen LogP contribution in [0.15, 0.2) is 65.8 Å². The van der Waals surface area contributed by atoms with Crippen LogP contribution in [0.4, 0.5) is 0 Å². The third-order valence-corrected chi connectivity index (χ3v) is 7.83. The number of nitrogens with zero attached hydrogens (tertiary/aromatic N) is 3. The number of azide groups is 1. The van der Waals surface area contributed by atoms with E-state index in [9.17, 15) is 20.2 Å². The van der Waals surface area contributed by atoms with Gasteiger partial charge < -0.3 is 47.7 Å². The topological polar surface area (TPSA) is 186 Å². The number of fused-ring (bicyclic) bond motifs is 2. The number of carbonyl (C=O) groups excluding carboxylic acids is 2. The van der Waals surface area contributed by atoms with Crippen LogP contribution in [-0.2, 0) is 52.2 Å². The van der Waals surface area contributed by atoms with Crippen LogP contribution in [0.2, 0.25) is 0 Å². The molecule has 6 rings (SSSR count). The molecule has 15 nitrogen and oxygen atoms in total. The monoisotopic (exact) mass is 627 g/mol. The lowest BCUT2D eigenvalue weighted by Crippen LogP contribution is -2.67. The molecule has 0 amide bonds. The second kappa shape index (κ2) is 13.8. The molecule has 4 aliphatic heterocycles. The lowest BCUT2D eigenvalue weighted by Gasteiger charge is -2.51. The van der Waals surface area contributed by atoms with Crippen molar-refractivity contribution in [3.05, 3.63) is 82.2 Å². The SMILES string of the molecule is CC(=O)O[C@H]1[C@H]2O[C@@H](c3ccccc3)OC[C@H]2O[C@@H](O[C@@H]2[C@@H](N=[N+]=[N-])[C@@H](O)O[C@@H]3CO[C@H](c4ccccc4)O[C@H]23)[C@@H]1OC(C)=O. The summed E-state index contributed by atoms with van der Waals surface area (Å²) in [5.41, 5.74) is 10.8. The van der Waals surface area contributed by atoms with E-state index in [-0.39, 0.29) is 13.2 Å². The Bertz CT molecular complexity index is 1380. The Morgan fingerprint density at radius 3 is 1.82 bits per heavy atom. The molecule has 0 saturated carbocycles. The number of aliphatic hydroxyl groups is 1. The maximum atomic E-state index is 12.4. The molecule has 45 heavy (non-hydrogen) atoms. The maximum absolute atomic E-state index is 12.4. The molecule has 0 radical (unpaired) electrons. The number of hydrogen-bond acceptors (Lipinski definition) is 13. The molecule has 4 heterocycles. The van der Waals surface area contributed by atoms with Gasteiger partial charge in [-0.15, -0.1) is 0 Å². The second-order valence-corrected chi connectivity index (χ2v) is 10.9. The Labute approximate surface area is 257 Å². The fourth-order valence-electron chi connectivity index (χ4n) is 5.93. The van der Waals surface area contributed by atoms with E-state index in [2.05, 4.69) is 10.0 Å². The highest BCUT2D eigenvalue weighted by atomic mass is 16.8. The van der Waals surface area contributed by atoms with Crippen LogP contribution in [0, 0.1) is 0 Å². The zero-order valence-electron chi connectivity index (χ0n) is 24.4. The molecule has 240 valence electrons. The van der Waals surface area contributed by atoms with Crippen molar-refractivity contribution >= 4 is 11.9 Å². The number of benzene rings is 2. The van der Waals surface area contributed by atoms with Crippen LogP contribution in [-0.4, -0.2) is 91.6 Å². The van der Waals surface area contributed by atoms with Gasteiger partial charge in [0.05, 0.1) is 13.2 Å². The zero-order valence-corrected chi connectivity index (χ0v) is 24.4. The molecule has 0 unspecified atom stereocenters. The van der Waals surface area contributed by atoms with Crippen molar-refractivity contribution in [1.29, 1.82) is 0 Å². The van der Waals surface area contributed by atoms with Gasteiger partial charge in [0.1, 0.15) is 36.6 Å². The Hall–Kier alpha value is -3.63. The van der Waals surface area contributed by atoms with E-state index in [0.29, 0.717) is 0 Å². The Morgan fingerprint density at radius 1 is 0.778 bits per heavy atom. The van der Waals surface area contributed by atoms with Gasteiger partial charge in [-0.1, -0.05) is 65.8 Å². The van der Waals surface area contributed by atoms with Crippen LogP contribution in [0.1, 0.15) is 37.6 Å². The van der Waals surface area contributed by atoms with E-state index < -0.39 is 85.9 Å². The van der Waals surface area contributed by atoms with Crippen LogP contribution in [0.3, 0.4) is 0 Å². The highest BCUT2D eigenvalue weighted by molar-refractivity contribution is 5.67. The molecule has 2 aromatic carbocycles. The summed E-state index contributed by atoms with van der Waals surface area (Å²) in [6.45, 7) is 2.44. The second-order valence-electron chi connectivity index (χ2n) is 10.9. The zero-order chi connectivity index (χ0) is 31.5. The average molecular weight is 628 g/mol. The van der Waals surface area contributed by atoms with Crippen molar-refractivity contribution in [2.75, 3.05) is 13.2 Å². The van der Waals surface area contributed by atoms with Crippen molar-refractivity contribution in [2.24, 2.45) is 5.11 Å². The molecule has 1 N–H and O–H groups in total. The highest BCUT2D eigenvalue weighted by Gasteiger charge is 2.57. The maximum Gasteiger partial charge on any atom is 0.303 e. The molecule has 4 saturated heterocycles. The fraction of sp³-hybridized carbons (Fsp3) is 0.533. The van der Waals surface area contributed by atoms with Gasteiger partial charge in [-0.3, -0.25) is 9.59 Å². The smallest absolute Gasteiger partial charge is 0.303 e. The highest BCUT2D eigenvalue weighted by Crippen LogP contribution is 2.40. The van der Waals surface area contributed by atoms with Crippen molar-refractivity contribution in [2.45, 2.75) is 87.8 Å². The summed E-state index contributed by atoms with van der Waals surface area (Å²) in [4.78, 5) is 27.6. The number of rotatable bonds is 7. The Balaban J connectivity index is 1.31. The Morgan fingerprint density at radius 2 is 1.29 bits per heavy atom. The quantitative estimate of drug-likeness (QED) is 0.205. The van der Waals surface area contributed by atoms with E-state index in [1.165, 1.54) is 13.8 Å². The van der Waals surface area contributed by atoms with E-state index in [4.69, 9.17) is 42.6 Å². The van der Waals surface area contributed by atoms with Gasteiger partial charge in [-0.2, -0.15) is 0 Å². The molecule has 2 aromatic rings. The van der Waals surface area contributed by atoms with Gasteiger partial charge in [0.25, 0.3) is 0 Å². The molecule has 15 heteroatoms. The van der Waals surface area contributed by atoms with Gasteiger partial charge >= 0.3 is 11.9 Å². The summed E-state index contributed by atoms with van der Waals surface area (Å²) in [6.07, 6.45) is -11.9. The van der Waals surface area contributed by atoms with Gasteiger partial charge in [0, 0.05) is 29.9 Å². The Kier molecular flexibility index (Phi) is 9.61. The molecular weight excluding hydrogens is 594 g/mol. The van der Waals surface area contributed by atoms with E-state index in [1.54, 1.807) is 0 Å². The normalized spacial score (nSPS) is 37.7. The minimum absolute atomic E-state index is 0.0112. The number of aliphatic hydroxyl groups excluding tert-OH is 1. The summed E-state index contributed by atoms with van der Waals surface area (Å²) >= 11 is 0. The van der Waals surface area contributed by atoms with E-state index >= 15 is 0 Å². The molecule has 0 aromatic heterocycles. The minimum atomic E-state index is -1.59. The predicted molar refractivity (Wildman–Crippen MR) is 148 cm³/mol.